The fourth-order valence-electron chi connectivity index (χ4n) is 1.38. The highest BCUT2D eigenvalue weighted by Crippen LogP contribution is 2.43. The van der Waals surface area contributed by atoms with Crippen molar-refractivity contribution in [3.8, 4) is 0 Å². The van der Waals surface area contributed by atoms with E-state index in [-0.39, 0.29) is 12.1 Å². The lowest BCUT2D eigenvalue weighted by Crippen LogP contribution is -2.19. The summed E-state index contributed by atoms with van der Waals surface area (Å²) >= 11 is 0. The van der Waals surface area contributed by atoms with Crippen LogP contribution < -0.4 is 11.5 Å². The molecule has 1 aromatic rings. The topological polar surface area (TPSA) is 52.0 Å². The molecule has 96 valence electrons. The molecule has 0 heterocycles. The van der Waals surface area contributed by atoms with Crippen LogP contribution in [0.4, 0.5) is 32.0 Å². The van der Waals surface area contributed by atoms with Gasteiger partial charge < -0.3 is 11.5 Å². The van der Waals surface area contributed by atoms with E-state index in [1.807, 2.05) is 0 Å². The van der Waals surface area contributed by atoms with Gasteiger partial charge in [-0.05, 0) is 17.7 Å². The molecule has 2 nitrogen and oxygen atoms in total. The van der Waals surface area contributed by atoms with E-state index in [4.69, 9.17) is 11.5 Å². The number of alkyl halides is 6. The first-order chi connectivity index (χ1) is 7.57. The van der Waals surface area contributed by atoms with Gasteiger partial charge in [-0.25, -0.2) is 0 Å². The van der Waals surface area contributed by atoms with Gasteiger partial charge in [-0.3, -0.25) is 0 Å². The molecule has 0 saturated carbocycles. The molecule has 0 aliphatic rings. The average Bonchev–Trinajstić information content (AvgIpc) is 2.12. The molecule has 0 saturated heterocycles. The van der Waals surface area contributed by atoms with Crippen molar-refractivity contribution in [1.29, 1.82) is 0 Å². The lowest BCUT2D eigenvalue weighted by Gasteiger charge is -2.18. The number of rotatable bonds is 1. The smallest absolute Gasteiger partial charge is 0.398 e. The van der Waals surface area contributed by atoms with Crippen molar-refractivity contribution in [2.24, 2.45) is 5.73 Å². The van der Waals surface area contributed by atoms with Crippen LogP contribution in [-0.2, 0) is 18.9 Å². The molecule has 0 aromatic heterocycles. The highest BCUT2D eigenvalue weighted by atomic mass is 19.4. The van der Waals surface area contributed by atoms with Gasteiger partial charge >= 0.3 is 12.4 Å². The quantitative estimate of drug-likeness (QED) is 0.601. The van der Waals surface area contributed by atoms with Gasteiger partial charge in [0.1, 0.15) is 0 Å². The van der Waals surface area contributed by atoms with E-state index < -0.39 is 29.2 Å². The Hall–Kier alpha value is -1.44. The average molecular weight is 258 g/mol. The summed E-state index contributed by atoms with van der Waals surface area (Å²) in [5.41, 5.74) is 5.32. The van der Waals surface area contributed by atoms with E-state index in [1.54, 1.807) is 0 Å². The zero-order chi connectivity index (χ0) is 13.4. The van der Waals surface area contributed by atoms with Gasteiger partial charge in [0.05, 0.1) is 11.1 Å². The Morgan fingerprint density at radius 2 is 1.47 bits per heavy atom. The van der Waals surface area contributed by atoms with Crippen molar-refractivity contribution in [2.75, 3.05) is 5.73 Å². The number of nitrogens with two attached hydrogens (primary N) is 2. The lowest BCUT2D eigenvalue weighted by atomic mass is 10.0. The van der Waals surface area contributed by atoms with E-state index in [1.165, 1.54) is 0 Å². The second-order valence-electron chi connectivity index (χ2n) is 3.31. The summed E-state index contributed by atoms with van der Waals surface area (Å²) in [4.78, 5) is 0. The number of hydrogen-bond acceptors (Lipinski definition) is 2. The third-order valence-electron chi connectivity index (χ3n) is 2.05. The molecule has 0 atom stereocenters. The third-order valence-corrected chi connectivity index (χ3v) is 2.05. The van der Waals surface area contributed by atoms with Crippen LogP contribution >= 0.6 is 0 Å². The highest BCUT2D eigenvalue weighted by Gasteiger charge is 2.44. The zero-order valence-electron chi connectivity index (χ0n) is 8.28. The minimum absolute atomic E-state index is 0.108. The third kappa shape index (κ3) is 2.82. The minimum Gasteiger partial charge on any atom is -0.398 e. The van der Waals surface area contributed by atoms with E-state index in [0.717, 1.165) is 6.07 Å². The van der Waals surface area contributed by atoms with Crippen molar-refractivity contribution >= 4 is 5.69 Å². The summed E-state index contributed by atoms with van der Waals surface area (Å²) in [6.45, 7) is -0.328. The van der Waals surface area contributed by atoms with Crippen molar-refractivity contribution in [3.63, 3.8) is 0 Å². The van der Waals surface area contributed by atoms with Crippen molar-refractivity contribution in [2.45, 2.75) is 18.9 Å². The molecule has 0 radical (unpaired) electrons. The first kappa shape index (κ1) is 13.6. The van der Waals surface area contributed by atoms with Gasteiger partial charge in [-0.1, -0.05) is 0 Å². The molecular weight excluding hydrogens is 250 g/mol. The molecule has 4 N–H and O–H groups in total. The molecule has 8 heteroatoms. The number of nitrogen functional groups attached to an aromatic ring is 1. The van der Waals surface area contributed by atoms with Gasteiger partial charge in [0.25, 0.3) is 0 Å². The number of benzene rings is 1. The standard InChI is InChI=1S/C9H8F6N2/c10-8(11,12)5-1-4(3-16)2-6(17)7(5)9(13,14)15/h1-2H,3,16-17H2. The zero-order valence-corrected chi connectivity index (χ0v) is 8.28. The van der Waals surface area contributed by atoms with Crippen LogP contribution in [0.3, 0.4) is 0 Å². The molecule has 0 amide bonds. The maximum Gasteiger partial charge on any atom is 0.418 e. The molecule has 17 heavy (non-hydrogen) atoms. The fraction of sp³-hybridized carbons (Fsp3) is 0.333. The fourth-order valence-corrected chi connectivity index (χ4v) is 1.38. The van der Waals surface area contributed by atoms with Crippen LogP contribution in [0.15, 0.2) is 12.1 Å². The molecule has 0 bridgehead atoms. The maximum absolute atomic E-state index is 12.5. The molecule has 0 unspecified atom stereocenters. The summed E-state index contributed by atoms with van der Waals surface area (Å²) in [6.07, 6.45) is -10.3. The van der Waals surface area contributed by atoms with E-state index >= 15 is 0 Å². The highest BCUT2D eigenvalue weighted by molar-refractivity contribution is 5.56. The molecule has 1 aromatic carbocycles. The molecule has 0 aliphatic carbocycles. The normalized spacial score (nSPS) is 12.9. The predicted octanol–water partition coefficient (Wildman–Crippen LogP) is 2.77. The Morgan fingerprint density at radius 1 is 0.941 bits per heavy atom. The van der Waals surface area contributed by atoms with Crippen LogP contribution in [0.2, 0.25) is 0 Å². The SMILES string of the molecule is NCc1cc(N)c(C(F)(F)F)c(C(F)(F)F)c1. The second kappa shape index (κ2) is 4.10. The monoisotopic (exact) mass is 258 g/mol. The Morgan fingerprint density at radius 3 is 1.82 bits per heavy atom. The van der Waals surface area contributed by atoms with Crippen LogP contribution in [0.5, 0.6) is 0 Å². The maximum atomic E-state index is 12.5. The molecule has 0 spiro atoms. The molecule has 0 aliphatic heterocycles. The van der Waals surface area contributed by atoms with Crippen LogP contribution in [-0.4, -0.2) is 0 Å². The first-order valence-electron chi connectivity index (χ1n) is 4.34. The minimum atomic E-state index is -5.16. The Bertz CT molecular complexity index is 421. The van der Waals surface area contributed by atoms with Crippen molar-refractivity contribution in [3.05, 3.63) is 28.8 Å². The lowest BCUT2D eigenvalue weighted by molar-refractivity contribution is -0.161. The Labute approximate surface area is 92.2 Å². The Kier molecular flexibility index (Phi) is 3.28. The second-order valence-corrected chi connectivity index (χ2v) is 3.31. The van der Waals surface area contributed by atoms with E-state index in [2.05, 4.69) is 0 Å². The van der Waals surface area contributed by atoms with Gasteiger partial charge in [0.15, 0.2) is 0 Å². The van der Waals surface area contributed by atoms with Crippen molar-refractivity contribution in [1.82, 2.24) is 0 Å². The molecular formula is C9H8F6N2. The van der Waals surface area contributed by atoms with Crippen LogP contribution in [0.25, 0.3) is 0 Å². The summed E-state index contributed by atoms with van der Waals surface area (Å²) in [5, 5.41) is 0. The summed E-state index contributed by atoms with van der Waals surface area (Å²) < 4.78 is 74.8. The van der Waals surface area contributed by atoms with Gasteiger partial charge in [0, 0.05) is 12.2 Å². The summed E-state index contributed by atoms with van der Waals surface area (Å²) in [7, 11) is 0. The predicted molar refractivity (Wildman–Crippen MR) is 48.7 cm³/mol. The summed E-state index contributed by atoms with van der Waals surface area (Å²) in [5.74, 6) is 0. The van der Waals surface area contributed by atoms with Gasteiger partial charge in [-0.2, -0.15) is 26.3 Å². The van der Waals surface area contributed by atoms with Gasteiger partial charge in [-0.15, -0.1) is 0 Å². The molecule has 0 fully saturated rings. The Balaban J connectivity index is 3.58. The number of hydrogen-bond donors (Lipinski definition) is 2. The molecule has 1 rings (SSSR count). The van der Waals surface area contributed by atoms with Crippen molar-refractivity contribution < 1.29 is 26.3 Å². The largest absolute Gasteiger partial charge is 0.418 e. The van der Waals surface area contributed by atoms with Gasteiger partial charge in [0.2, 0.25) is 0 Å². The number of halogens is 6. The van der Waals surface area contributed by atoms with Crippen LogP contribution in [0.1, 0.15) is 16.7 Å². The van der Waals surface area contributed by atoms with E-state index in [0.29, 0.717) is 6.07 Å². The summed E-state index contributed by atoms with van der Waals surface area (Å²) in [6, 6.07) is 1.15. The van der Waals surface area contributed by atoms with E-state index in [9.17, 15) is 26.3 Å². The number of anilines is 1. The van der Waals surface area contributed by atoms with Crippen LogP contribution in [0, 0.1) is 0 Å². The first-order valence-corrected chi connectivity index (χ1v) is 4.34.